The van der Waals surface area contributed by atoms with Gasteiger partial charge in [-0.1, -0.05) is 40.5 Å². The number of benzene rings is 1. The first kappa shape index (κ1) is 34.7. The summed E-state index contributed by atoms with van der Waals surface area (Å²) in [6.07, 6.45) is -3.83. The summed E-state index contributed by atoms with van der Waals surface area (Å²) in [5.74, 6) is -0.687. The summed E-state index contributed by atoms with van der Waals surface area (Å²) in [5, 5.41) is 2.59. The van der Waals surface area contributed by atoms with E-state index >= 15 is 0 Å². The van der Waals surface area contributed by atoms with Gasteiger partial charge in [-0.05, 0) is 56.6 Å². The van der Waals surface area contributed by atoms with Crippen LogP contribution in [0.3, 0.4) is 0 Å². The minimum Gasteiger partial charge on any atom is -0.497 e. The predicted octanol–water partition coefficient (Wildman–Crippen LogP) is 6.18. The molecule has 47 heavy (non-hydrogen) atoms. The number of rotatable bonds is 4. The largest absolute Gasteiger partial charge is 0.497 e. The van der Waals surface area contributed by atoms with Crippen molar-refractivity contribution in [2.24, 2.45) is 17.3 Å². The van der Waals surface area contributed by atoms with Crippen molar-refractivity contribution >= 4 is 28.8 Å². The Bertz CT molecular complexity index is 1510. The van der Waals surface area contributed by atoms with E-state index in [4.69, 9.17) is 24.2 Å². The van der Waals surface area contributed by atoms with Gasteiger partial charge in [0.05, 0.1) is 37.2 Å². The van der Waals surface area contributed by atoms with Gasteiger partial charge in [0.1, 0.15) is 29.2 Å². The summed E-state index contributed by atoms with van der Waals surface area (Å²) in [6.45, 7) is 8.60. The number of alkyl carbamates (subject to hydrolysis) is 1. The number of aryl methyl sites for hydroxylation is 1. The van der Waals surface area contributed by atoms with Crippen molar-refractivity contribution in [1.29, 1.82) is 0 Å². The van der Waals surface area contributed by atoms with Crippen molar-refractivity contribution in [3.05, 3.63) is 23.9 Å². The number of carbonyl (C=O) groups is 3. The van der Waals surface area contributed by atoms with Crippen LogP contribution in [0.5, 0.6) is 11.6 Å². The van der Waals surface area contributed by atoms with Crippen LogP contribution in [0.1, 0.15) is 85.3 Å². The SMILES string of the molecule is CC[C@@H]1[C@@H]2CN(C(=O)[C@H](C(C)(C)C)NC(=O)O[C@]3(CC(F)(F)F)C[C@H]3CCCCCc3nc4ccc(OC)cc4nc3O2)[C@@H]1C(C)=O. The predicted molar refractivity (Wildman–Crippen MR) is 167 cm³/mol. The highest BCUT2D eigenvalue weighted by molar-refractivity contribution is 5.92. The Morgan fingerprint density at radius 1 is 1.13 bits per heavy atom. The Hall–Kier alpha value is -3.64. The van der Waals surface area contributed by atoms with E-state index in [0.29, 0.717) is 66.9 Å². The number of aromatic nitrogens is 2. The van der Waals surface area contributed by atoms with Crippen LogP contribution in [-0.2, 0) is 20.7 Å². The Morgan fingerprint density at radius 3 is 2.51 bits per heavy atom. The normalized spacial score (nSPS) is 29.0. The van der Waals surface area contributed by atoms with Crippen molar-refractivity contribution in [3.8, 4) is 11.6 Å². The van der Waals surface area contributed by atoms with Crippen molar-refractivity contribution < 1.29 is 41.8 Å². The van der Waals surface area contributed by atoms with Crippen molar-refractivity contribution in [2.75, 3.05) is 13.7 Å². The van der Waals surface area contributed by atoms with Gasteiger partial charge in [0, 0.05) is 17.9 Å². The molecule has 2 bridgehead atoms. The molecule has 1 aromatic carbocycles. The standard InChI is InChI=1S/C34H45F3N4O6/c1-7-22-26-17-41(27(22)19(2)42)30(43)28(32(3,4)5)40-31(44)47-33(18-34(35,36)37)16-20(33)11-9-8-10-12-24-29(46-26)39-25-15-21(45-6)13-14-23(25)38-24/h13-15,20,22,26-28H,7-12,16-18H2,1-6H3,(H,40,44)/t20-,22-,26+,27-,28-,33+/m1/s1. The lowest BCUT2D eigenvalue weighted by molar-refractivity contribution is -0.161. The van der Waals surface area contributed by atoms with Gasteiger partial charge in [-0.3, -0.25) is 9.59 Å². The Morgan fingerprint density at radius 2 is 1.87 bits per heavy atom. The van der Waals surface area contributed by atoms with Gasteiger partial charge in [-0.15, -0.1) is 0 Å². The van der Waals surface area contributed by atoms with Crippen LogP contribution in [0, 0.1) is 17.3 Å². The molecule has 3 aliphatic rings. The fraction of sp³-hybridized carbons (Fsp3) is 0.676. The molecule has 2 aromatic rings. The van der Waals surface area contributed by atoms with Gasteiger partial charge in [0.25, 0.3) is 0 Å². The number of methoxy groups -OCH3 is 1. The molecule has 1 aliphatic carbocycles. The number of halogens is 3. The quantitative estimate of drug-likeness (QED) is 0.412. The number of alkyl halides is 3. The van der Waals surface area contributed by atoms with Crippen LogP contribution in [0.15, 0.2) is 18.2 Å². The van der Waals surface area contributed by atoms with Gasteiger partial charge >= 0.3 is 12.3 Å². The van der Waals surface area contributed by atoms with E-state index in [1.165, 1.54) is 11.8 Å². The number of nitrogens with zero attached hydrogens (tertiary/aromatic N) is 3. The molecule has 0 unspecified atom stereocenters. The maximum Gasteiger partial charge on any atom is 0.408 e. The maximum atomic E-state index is 14.3. The molecule has 6 atom stereocenters. The molecule has 2 amide bonds. The number of hydrogen-bond acceptors (Lipinski definition) is 8. The Balaban J connectivity index is 1.55. The van der Waals surface area contributed by atoms with Crippen LogP contribution in [0.25, 0.3) is 11.0 Å². The summed E-state index contributed by atoms with van der Waals surface area (Å²) >= 11 is 0. The number of carbonyl (C=O) groups excluding carboxylic acids is 3. The zero-order chi connectivity index (χ0) is 34.3. The van der Waals surface area contributed by atoms with E-state index in [1.807, 2.05) is 13.0 Å². The first-order valence-corrected chi connectivity index (χ1v) is 16.4. The van der Waals surface area contributed by atoms with Crippen molar-refractivity contribution in [3.63, 3.8) is 0 Å². The summed E-state index contributed by atoms with van der Waals surface area (Å²) in [4.78, 5) is 51.8. The molecule has 3 heterocycles. The lowest BCUT2D eigenvalue weighted by Gasteiger charge is -2.35. The highest BCUT2D eigenvalue weighted by Gasteiger charge is 2.62. The molecule has 0 radical (unpaired) electrons. The molecule has 0 spiro atoms. The zero-order valence-electron chi connectivity index (χ0n) is 27.9. The van der Waals surface area contributed by atoms with Crippen molar-refractivity contribution in [1.82, 2.24) is 20.2 Å². The van der Waals surface area contributed by atoms with Crippen LogP contribution in [0.4, 0.5) is 18.0 Å². The fourth-order valence-electron chi connectivity index (χ4n) is 7.26. The number of ketones is 1. The number of Topliss-reactive ketones (excluding diaryl/α,β-unsaturated/α-hetero) is 1. The highest BCUT2D eigenvalue weighted by atomic mass is 19.4. The highest BCUT2D eigenvalue weighted by Crippen LogP contribution is 2.55. The third-order valence-corrected chi connectivity index (χ3v) is 9.75. The van der Waals surface area contributed by atoms with E-state index in [0.717, 1.165) is 0 Å². The van der Waals surface area contributed by atoms with Crippen LogP contribution < -0.4 is 14.8 Å². The molecule has 1 saturated carbocycles. The van der Waals surface area contributed by atoms with Gasteiger partial charge in [0.2, 0.25) is 11.8 Å². The van der Waals surface area contributed by atoms with Crippen LogP contribution in [-0.4, -0.2) is 76.3 Å². The second-order valence-electron chi connectivity index (χ2n) is 14.3. The molecule has 1 aromatic heterocycles. The first-order valence-electron chi connectivity index (χ1n) is 16.4. The topological polar surface area (TPSA) is 120 Å². The van der Waals surface area contributed by atoms with Gasteiger partial charge in [-0.2, -0.15) is 13.2 Å². The second-order valence-corrected chi connectivity index (χ2v) is 14.3. The lowest BCUT2D eigenvalue weighted by Crippen LogP contribution is -2.57. The van der Waals surface area contributed by atoms with Gasteiger partial charge in [-0.25, -0.2) is 14.8 Å². The molecule has 13 heteroatoms. The van der Waals surface area contributed by atoms with Crippen molar-refractivity contribution in [2.45, 2.75) is 116 Å². The average Bonchev–Trinajstić information content (AvgIpc) is 3.47. The maximum absolute atomic E-state index is 14.3. The molecule has 2 aliphatic heterocycles. The first-order chi connectivity index (χ1) is 22.0. The summed E-state index contributed by atoms with van der Waals surface area (Å²) < 4.78 is 58.6. The second kappa shape index (κ2) is 13.1. The van der Waals surface area contributed by atoms with Gasteiger partial charge in [0.15, 0.2) is 5.78 Å². The summed E-state index contributed by atoms with van der Waals surface area (Å²) in [5.41, 5.74) is -0.682. The molecule has 258 valence electrons. The number of fused-ring (bicyclic) bond motifs is 5. The molecule has 10 nitrogen and oxygen atoms in total. The molecular weight excluding hydrogens is 617 g/mol. The number of nitrogens with one attached hydrogen (secondary N) is 1. The molecule has 2 fully saturated rings. The van der Waals surface area contributed by atoms with E-state index in [-0.39, 0.29) is 24.7 Å². The van der Waals surface area contributed by atoms with Crippen LogP contribution in [0.2, 0.25) is 0 Å². The smallest absolute Gasteiger partial charge is 0.408 e. The molecule has 1 N–H and O–H groups in total. The zero-order valence-corrected chi connectivity index (χ0v) is 27.9. The monoisotopic (exact) mass is 662 g/mol. The Labute approximate surface area is 273 Å². The summed E-state index contributed by atoms with van der Waals surface area (Å²) in [7, 11) is 1.56. The minimum absolute atomic E-state index is 0.0439. The molecular formula is C34H45F3N4O6. The lowest BCUT2D eigenvalue weighted by atomic mass is 9.85. The number of ether oxygens (including phenoxy) is 3. The fourth-order valence-corrected chi connectivity index (χ4v) is 7.26. The molecule has 5 rings (SSSR count). The average molecular weight is 663 g/mol. The van der Waals surface area contributed by atoms with E-state index in [1.54, 1.807) is 40.0 Å². The van der Waals surface area contributed by atoms with Crippen LogP contribution >= 0.6 is 0 Å². The third kappa shape index (κ3) is 7.59. The molecule has 1 saturated heterocycles. The van der Waals surface area contributed by atoms with Gasteiger partial charge < -0.3 is 24.4 Å². The summed E-state index contributed by atoms with van der Waals surface area (Å²) in [6, 6.07) is 3.35. The third-order valence-electron chi connectivity index (χ3n) is 9.75. The Kier molecular flexibility index (Phi) is 9.67. The van der Waals surface area contributed by atoms with E-state index in [9.17, 15) is 27.6 Å². The number of hydrogen-bond donors (Lipinski definition) is 1. The minimum atomic E-state index is -4.53. The van der Waals surface area contributed by atoms with E-state index in [2.05, 4.69) is 5.32 Å². The number of amides is 2. The van der Waals surface area contributed by atoms with E-state index < -0.39 is 59.7 Å².